The Morgan fingerprint density at radius 3 is 2.85 bits per heavy atom. The fraction of sp³-hybridized carbons (Fsp3) is 0.368. The van der Waals surface area contributed by atoms with Gasteiger partial charge in [0, 0.05) is 18.7 Å². The van der Waals surface area contributed by atoms with Crippen LogP contribution in [0.5, 0.6) is 17.2 Å². The molecule has 2 aromatic rings. The third-order valence-electron chi connectivity index (χ3n) is 4.48. The normalized spacial score (nSPS) is 22.7. The van der Waals surface area contributed by atoms with E-state index in [0.29, 0.717) is 24.0 Å². The third kappa shape index (κ3) is 3.47. The summed E-state index contributed by atoms with van der Waals surface area (Å²) in [5.41, 5.74) is 1.08. The van der Waals surface area contributed by atoms with Gasteiger partial charge in [-0.2, -0.15) is 0 Å². The summed E-state index contributed by atoms with van der Waals surface area (Å²) in [6.07, 6.45) is 1.96. The predicted molar refractivity (Wildman–Crippen MR) is 90.8 cm³/mol. The number of hydrogen-bond donors (Lipinski definition) is 1. The van der Waals surface area contributed by atoms with E-state index in [4.69, 9.17) is 9.47 Å². The van der Waals surface area contributed by atoms with Crippen LogP contribution in [0.4, 0.5) is 14.6 Å². The number of ether oxygens (including phenoxy) is 2. The summed E-state index contributed by atoms with van der Waals surface area (Å²) in [4.78, 5) is 15.7. The number of halogens is 2. The molecule has 1 N–H and O–H groups in total. The molecule has 2 unspecified atom stereocenters. The maximum atomic E-state index is 13.0. The summed E-state index contributed by atoms with van der Waals surface area (Å²) in [5, 5.41) is 2.41. The first kappa shape index (κ1) is 16.8. The van der Waals surface area contributed by atoms with Gasteiger partial charge < -0.3 is 14.8 Å². The molecular weight excluding hydrogens is 342 g/mol. The largest absolute Gasteiger partial charge is 0.493 e. The van der Waals surface area contributed by atoms with E-state index in [-0.39, 0.29) is 5.82 Å². The van der Waals surface area contributed by atoms with E-state index in [1.165, 1.54) is 12.3 Å². The van der Waals surface area contributed by atoms with E-state index in [9.17, 15) is 13.6 Å². The van der Waals surface area contributed by atoms with E-state index in [0.717, 1.165) is 17.7 Å². The number of fused-ring (bicyclic) bond motifs is 1. The lowest BCUT2D eigenvalue weighted by Gasteiger charge is -2.22. The molecule has 2 atom stereocenters. The molecule has 0 bridgehead atoms. The van der Waals surface area contributed by atoms with Crippen molar-refractivity contribution in [2.75, 3.05) is 11.9 Å². The molecular formula is C19H18F2N2O3. The molecule has 2 aliphatic rings. The summed E-state index contributed by atoms with van der Waals surface area (Å²) < 4.78 is 37.4. The first-order chi connectivity index (χ1) is 12.4. The average molecular weight is 360 g/mol. The Labute approximate surface area is 149 Å². The topological polar surface area (TPSA) is 60.5 Å². The molecule has 1 aromatic carbocycles. The summed E-state index contributed by atoms with van der Waals surface area (Å²) >= 11 is 0. The van der Waals surface area contributed by atoms with Gasteiger partial charge in [0.1, 0.15) is 29.0 Å². The predicted octanol–water partition coefficient (Wildman–Crippen LogP) is 4.04. The highest BCUT2D eigenvalue weighted by atomic mass is 19.3. The fourth-order valence-corrected chi connectivity index (χ4v) is 2.98. The lowest BCUT2D eigenvalue weighted by molar-refractivity contribution is -0.119. The second kappa shape index (κ2) is 6.23. The molecule has 2 heterocycles. The van der Waals surface area contributed by atoms with Crippen molar-refractivity contribution in [3.05, 3.63) is 42.1 Å². The van der Waals surface area contributed by atoms with Gasteiger partial charge in [0.2, 0.25) is 5.91 Å². The highest BCUT2D eigenvalue weighted by Crippen LogP contribution is 2.49. The molecule has 1 fully saturated rings. The van der Waals surface area contributed by atoms with E-state index < -0.39 is 24.2 Å². The highest BCUT2D eigenvalue weighted by Gasteiger charge is 2.61. The molecule has 0 spiro atoms. The molecule has 0 radical (unpaired) electrons. The maximum Gasteiger partial charge on any atom is 0.260 e. The quantitative estimate of drug-likeness (QED) is 0.894. The van der Waals surface area contributed by atoms with Crippen LogP contribution in [0.1, 0.15) is 18.9 Å². The Balaban J connectivity index is 1.46. The van der Waals surface area contributed by atoms with Crippen LogP contribution in [-0.4, -0.2) is 23.4 Å². The lowest BCUT2D eigenvalue weighted by Crippen LogP contribution is -2.18. The molecule has 5 nitrogen and oxygen atoms in total. The number of carbonyl (C=O) groups is 1. The molecule has 1 aromatic heterocycles. The molecule has 7 heteroatoms. The van der Waals surface area contributed by atoms with Crippen LogP contribution in [0, 0.1) is 11.8 Å². The van der Waals surface area contributed by atoms with Gasteiger partial charge in [0.15, 0.2) is 0 Å². The van der Waals surface area contributed by atoms with Gasteiger partial charge in [-0.3, -0.25) is 4.79 Å². The van der Waals surface area contributed by atoms with Crippen molar-refractivity contribution in [2.45, 2.75) is 25.7 Å². The van der Waals surface area contributed by atoms with Crippen molar-refractivity contribution >= 4 is 11.7 Å². The van der Waals surface area contributed by atoms with Crippen LogP contribution >= 0.6 is 0 Å². The second-order valence-corrected chi connectivity index (χ2v) is 6.88. The number of alkyl halides is 2. The maximum absolute atomic E-state index is 13.0. The van der Waals surface area contributed by atoms with E-state index in [1.807, 2.05) is 12.1 Å². The average Bonchev–Trinajstić information content (AvgIpc) is 3.23. The first-order valence-corrected chi connectivity index (χ1v) is 8.49. The van der Waals surface area contributed by atoms with Crippen molar-refractivity contribution in [1.82, 2.24) is 4.98 Å². The summed E-state index contributed by atoms with van der Waals surface area (Å²) in [7, 11) is 0. The molecule has 136 valence electrons. The van der Waals surface area contributed by atoms with Crippen molar-refractivity contribution in [1.29, 1.82) is 0 Å². The molecule has 4 rings (SSSR count). The number of aromatic nitrogens is 1. The smallest absolute Gasteiger partial charge is 0.260 e. The lowest BCUT2D eigenvalue weighted by atomic mass is 9.98. The SMILES string of the molecule is CC1COc2ccc(Oc3ccnc(NC(=O)C4CC4(F)F)c3)cc2C1. The van der Waals surface area contributed by atoms with E-state index in [2.05, 4.69) is 17.2 Å². The number of pyridine rings is 1. The number of anilines is 1. The van der Waals surface area contributed by atoms with Crippen LogP contribution in [0.3, 0.4) is 0 Å². The van der Waals surface area contributed by atoms with Crippen LogP contribution < -0.4 is 14.8 Å². The van der Waals surface area contributed by atoms with Crippen LogP contribution in [-0.2, 0) is 11.2 Å². The van der Waals surface area contributed by atoms with Gasteiger partial charge in [-0.1, -0.05) is 6.92 Å². The number of nitrogens with one attached hydrogen (secondary N) is 1. The van der Waals surface area contributed by atoms with Crippen molar-refractivity contribution in [3.8, 4) is 17.2 Å². The zero-order valence-electron chi connectivity index (χ0n) is 14.2. The number of rotatable bonds is 4. The van der Waals surface area contributed by atoms with Crippen LogP contribution in [0.2, 0.25) is 0 Å². The van der Waals surface area contributed by atoms with Crippen molar-refractivity contribution < 1.29 is 23.0 Å². The Bertz CT molecular complexity index is 856. The molecule has 1 aliphatic heterocycles. The highest BCUT2D eigenvalue weighted by molar-refractivity contribution is 5.94. The number of amides is 1. The van der Waals surface area contributed by atoms with Gasteiger partial charge in [0.05, 0.1) is 6.61 Å². The summed E-state index contributed by atoms with van der Waals surface area (Å²) in [5.74, 6) is -2.30. The standard InChI is InChI=1S/C19H18F2N2O3/c1-11-6-12-7-13(2-3-16(12)25-10-11)26-14-4-5-22-17(8-14)23-18(24)15-9-19(15,20)21/h2-5,7-8,11,15H,6,9-10H2,1H3,(H,22,23,24). The van der Waals surface area contributed by atoms with Crippen molar-refractivity contribution in [2.24, 2.45) is 11.8 Å². The van der Waals surface area contributed by atoms with Crippen LogP contribution in [0.15, 0.2) is 36.5 Å². The minimum Gasteiger partial charge on any atom is -0.493 e. The second-order valence-electron chi connectivity index (χ2n) is 6.88. The molecule has 0 saturated heterocycles. The molecule has 1 saturated carbocycles. The molecule has 1 aliphatic carbocycles. The Hall–Kier alpha value is -2.70. The Morgan fingerprint density at radius 2 is 2.08 bits per heavy atom. The van der Waals surface area contributed by atoms with E-state index in [1.54, 1.807) is 12.1 Å². The minimum atomic E-state index is -2.90. The summed E-state index contributed by atoms with van der Waals surface area (Å²) in [6.45, 7) is 2.83. The first-order valence-electron chi connectivity index (χ1n) is 8.49. The molecule has 26 heavy (non-hydrogen) atoms. The Morgan fingerprint density at radius 1 is 1.31 bits per heavy atom. The van der Waals surface area contributed by atoms with Crippen LogP contribution in [0.25, 0.3) is 0 Å². The number of benzene rings is 1. The number of carbonyl (C=O) groups excluding carboxylic acids is 1. The third-order valence-corrected chi connectivity index (χ3v) is 4.48. The van der Waals surface area contributed by atoms with Gasteiger partial charge in [0.25, 0.3) is 5.92 Å². The van der Waals surface area contributed by atoms with Gasteiger partial charge in [-0.05, 0) is 42.2 Å². The van der Waals surface area contributed by atoms with Crippen molar-refractivity contribution in [3.63, 3.8) is 0 Å². The minimum absolute atomic E-state index is 0.185. The zero-order valence-corrected chi connectivity index (χ0v) is 14.2. The monoisotopic (exact) mass is 360 g/mol. The van der Waals surface area contributed by atoms with Gasteiger partial charge in [-0.15, -0.1) is 0 Å². The molecule has 1 amide bonds. The summed E-state index contributed by atoms with van der Waals surface area (Å²) in [6, 6.07) is 8.75. The number of nitrogens with zero attached hydrogens (tertiary/aromatic N) is 1. The zero-order chi connectivity index (χ0) is 18.3. The van der Waals surface area contributed by atoms with E-state index >= 15 is 0 Å². The van der Waals surface area contributed by atoms with Gasteiger partial charge in [-0.25, -0.2) is 13.8 Å². The van der Waals surface area contributed by atoms with Gasteiger partial charge >= 0.3 is 0 Å². The fourth-order valence-electron chi connectivity index (χ4n) is 2.98. The Kier molecular flexibility index (Phi) is 4.01. The number of hydrogen-bond acceptors (Lipinski definition) is 4.